The van der Waals surface area contributed by atoms with Crippen LogP contribution < -0.4 is 20.9 Å². The number of alkyl carbamates (subject to hydrolysis) is 1. The van der Waals surface area contributed by atoms with Crippen LogP contribution >= 0.6 is 0 Å². The molecule has 1 unspecified atom stereocenters. The molecule has 2 aliphatic heterocycles. The van der Waals surface area contributed by atoms with Gasteiger partial charge in [-0.15, -0.1) is 0 Å². The molecule has 3 aliphatic rings. The highest BCUT2D eigenvalue weighted by Crippen LogP contribution is 2.41. The average molecular weight is 879 g/mol. The van der Waals surface area contributed by atoms with Gasteiger partial charge in [0.05, 0.1) is 87.8 Å². The predicted molar refractivity (Wildman–Crippen MR) is 230 cm³/mol. The van der Waals surface area contributed by atoms with Crippen molar-refractivity contribution in [1.29, 1.82) is 0 Å². The van der Waals surface area contributed by atoms with Gasteiger partial charge in [0.2, 0.25) is 5.91 Å². The van der Waals surface area contributed by atoms with Gasteiger partial charge in [-0.3, -0.25) is 14.4 Å². The predicted octanol–water partition coefficient (Wildman–Crippen LogP) is 4.45. The van der Waals surface area contributed by atoms with Gasteiger partial charge in [0.15, 0.2) is 5.60 Å². The molecule has 17 nitrogen and oxygen atoms in total. The second kappa shape index (κ2) is 21.6. The Hall–Kier alpha value is -4.94. The van der Waals surface area contributed by atoms with Gasteiger partial charge in [0.25, 0.3) is 5.56 Å². The molecule has 0 saturated heterocycles. The maximum Gasteiger partial charge on any atom is 0.407 e. The molecule has 2 amide bonds. The Morgan fingerprint density at radius 2 is 1.56 bits per heavy atom. The van der Waals surface area contributed by atoms with Crippen LogP contribution in [0.1, 0.15) is 95.4 Å². The number of fused-ring (bicyclic) bond motifs is 5. The van der Waals surface area contributed by atoms with Gasteiger partial charge < -0.3 is 53.5 Å². The number of aliphatic hydroxyl groups is 1. The lowest BCUT2D eigenvalue weighted by atomic mass is 9.82. The number of carbonyl (C=O) groups excluding carboxylic acids is 4. The smallest absolute Gasteiger partial charge is 0.407 e. The van der Waals surface area contributed by atoms with E-state index in [1.54, 1.807) is 44.4 Å². The van der Waals surface area contributed by atoms with E-state index in [-0.39, 0.29) is 73.0 Å². The van der Waals surface area contributed by atoms with E-state index in [4.69, 9.17) is 38.1 Å². The van der Waals surface area contributed by atoms with Crippen molar-refractivity contribution < 1.29 is 57.4 Å². The number of carbonyl (C=O) groups is 4. The third-order valence-corrected chi connectivity index (χ3v) is 11.6. The molecular formula is C46H62N4O13. The zero-order valence-corrected chi connectivity index (χ0v) is 37.1. The number of rotatable bonds is 21. The molecule has 3 N–H and O–H groups in total. The minimum Gasteiger partial charge on any atom is -0.458 e. The summed E-state index contributed by atoms with van der Waals surface area (Å²) in [7, 11) is 0. The molecule has 1 aromatic carbocycles. The molecule has 6 rings (SSSR count). The summed E-state index contributed by atoms with van der Waals surface area (Å²) in [5.41, 5.74) is 1.51. The lowest BCUT2D eigenvalue weighted by Gasteiger charge is -2.31. The molecular weight excluding hydrogens is 817 g/mol. The molecule has 63 heavy (non-hydrogen) atoms. The largest absolute Gasteiger partial charge is 0.458 e. The maximum atomic E-state index is 13.7. The lowest BCUT2D eigenvalue weighted by molar-refractivity contribution is -0.172. The van der Waals surface area contributed by atoms with Gasteiger partial charge in [-0.1, -0.05) is 13.8 Å². The Kier molecular flexibility index (Phi) is 16.3. The number of pyridine rings is 2. The van der Waals surface area contributed by atoms with Crippen LogP contribution in [-0.2, 0) is 68.0 Å². The summed E-state index contributed by atoms with van der Waals surface area (Å²) >= 11 is 0. The molecule has 1 atom stereocenters. The van der Waals surface area contributed by atoms with E-state index in [9.17, 15) is 29.1 Å². The van der Waals surface area contributed by atoms with E-state index in [1.165, 1.54) is 0 Å². The van der Waals surface area contributed by atoms with Crippen LogP contribution in [0, 0.1) is 11.8 Å². The van der Waals surface area contributed by atoms with Crippen molar-refractivity contribution in [3.63, 3.8) is 0 Å². The number of cyclic esters (lactones) is 1. The zero-order valence-electron chi connectivity index (χ0n) is 37.1. The van der Waals surface area contributed by atoms with Crippen molar-refractivity contribution >= 4 is 34.8 Å². The Morgan fingerprint density at radius 1 is 0.889 bits per heavy atom. The highest BCUT2D eigenvalue weighted by Gasteiger charge is 2.45. The number of aryl methyl sites for hydroxylation is 1. The molecule has 1 saturated carbocycles. The van der Waals surface area contributed by atoms with Gasteiger partial charge in [-0.2, -0.15) is 0 Å². The third kappa shape index (κ3) is 12.0. The number of nitrogens with one attached hydrogen (secondary N) is 2. The number of esters is 2. The molecule has 1 aliphatic carbocycles. The average Bonchev–Trinajstić information content (AvgIpc) is 3.62. The number of benzene rings is 1. The van der Waals surface area contributed by atoms with Crippen molar-refractivity contribution in [1.82, 2.24) is 20.2 Å². The summed E-state index contributed by atoms with van der Waals surface area (Å²) in [6, 6.07) is 7.09. The second-order valence-electron chi connectivity index (χ2n) is 17.1. The van der Waals surface area contributed by atoms with Gasteiger partial charge in [0, 0.05) is 36.0 Å². The van der Waals surface area contributed by atoms with Gasteiger partial charge >= 0.3 is 18.0 Å². The first kappa shape index (κ1) is 47.5. The standard InChI is InChI=1S/C46H62N4O13/c1-6-32-33-24-31(12-13-37(33)49-40-34(32)27-50-38(40)25-36-35(41(50)52)28-61-43(54)46(36,56)7-2)62-42(53)30-10-8-29(9-11-30)26-48-39(51)14-16-57-18-20-59-22-23-60-21-19-58-17-15-47-44(55)63-45(3,4)5/h12-13,24-25,29-30,56H,6-11,14-23,26-28H2,1-5H3,(H,47,55)(H,48,51). The van der Waals surface area contributed by atoms with Gasteiger partial charge in [0.1, 0.15) is 18.0 Å². The van der Waals surface area contributed by atoms with Crippen molar-refractivity contribution in [3.05, 3.63) is 56.9 Å². The number of hydrogen-bond acceptors (Lipinski definition) is 14. The van der Waals surface area contributed by atoms with E-state index in [0.29, 0.717) is 101 Å². The molecule has 4 heterocycles. The summed E-state index contributed by atoms with van der Waals surface area (Å²) in [5, 5.41) is 17.7. The Balaban J connectivity index is 0.852. The first-order valence-electron chi connectivity index (χ1n) is 22.1. The van der Waals surface area contributed by atoms with Crippen LogP contribution in [0.5, 0.6) is 5.75 Å². The summed E-state index contributed by atoms with van der Waals surface area (Å²) in [6.07, 6.45) is 3.40. The molecule has 0 bridgehead atoms. The van der Waals surface area contributed by atoms with E-state index in [0.717, 1.165) is 29.4 Å². The first-order valence-corrected chi connectivity index (χ1v) is 22.1. The Bertz CT molecular complexity index is 2180. The summed E-state index contributed by atoms with van der Waals surface area (Å²) in [4.78, 5) is 68.5. The van der Waals surface area contributed by atoms with Crippen LogP contribution in [0.25, 0.3) is 22.3 Å². The summed E-state index contributed by atoms with van der Waals surface area (Å²) in [6.45, 7) is 13.1. The highest BCUT2D eigenvalue weighted by molar-refractivity contribution is 5.90. The van der Waals surface area contributed by atoms with Crippen molar-refractivity contribution in [2.75, 3.05) is 65.9 Å². The van der Waals surface area contributed by atoms with Crippen LogP contribution in [-0.4, -0.2) is 110 Å². The molecule has 0 spiro atoms. The SMILES string of the molecule is CCc1c2c(nc3ccc(OC(=O)C4CCC(CNC(=O)CCOCCOCCOCCOCCNC(=O)OC(C)(C)C)CC4)cc13)-c1cc3c(c(=O)n1C2)COC(=O)C3(O)CC. The van der Waals surface area contributed by atoms with E-state index < -0.39 is 23.3 Å². The fourth-order valence-corrected chi connectivity index (χ4v) is 8.22. The van der Waals surface area contributed by atoms with Gasteiger partial charge in [-0.25, -0.2) is 14.6 Å². The number of ether oxygens (including phenoxy) is 7. The number of amides is 2. The fourth-order valence-electron chi connectivity index (χ4n) is 8.22. The topological polar surface area (TPSA) is 212 Å². The molecule has 1 fully saturated rings. The molecule has 0 radical (unpaired) electrons. The minimum atomic E-state index is -1.90. The number of aromatic nitrogens is 2. The van der Waals surface area contributed by atoms with E-state index in [2.05, 4.69) is 10.6 Å². The monoisotopic (exact) mass is 878 g/mol. The molecule has 3 aromatic rings. The van der Waals surface area contributed by atoms with Crippen molar-refractivity contribution in [2.24, 2.45) is 11.8 Å². The lowest BCUT2D eigenvalue weighted by Crippen LogP contribution is -2.44. The van der Waals surface area contributed by atoms with Crippen molar-refractivity contribution in [3.8, 4) is 17.1 Å². The van der Waals surface area contributed by atoms with Crippen LogP contribution in [0.4, 0.5) is 4.79 Å². The molecule has 2 aromatic heterocycles. The van der Waals surface area contributed by atoms with Gasteiger partial charge in [-0.05, 0) is 95.0 Å². The number of hydrogen-bond donors (Lipinski definition) is 3. The highest BCUT2D eigenvalue weighted by atomic mass is 16.6. The van der Waals surface area contributed by atoms with Crippen molar-refractivity contribution in [2.45, 2.75) is 104 Å². The van der Waals surface area contributed by atoms with Crippen LogP contribution in [0.15, 0.2) is 29.1 Å². The number of nitrogens with zero attached hydrogens (tertiary/aromatic N) is 2. The summed E-state index contributed by atoms with van der Waals surface area (Å²) in [5.74, 6) is -0.675. The summed E-state index contributed by atoms with van der Waals surface area (Å²) < 4.78 is 39.8. The Labute approximate surface area is 367 Å². The first-order chi connectivity index (χ1) is 30.2. The maximum absolute atomic E-state index is 13.7. The van der Waals surface area contributed by atoms with Crippen LogP contribution in [0.2, 0.25) is 0 Å². The van der Waals surface area contributed by atoms with E-state index in [1.807, 2.05) is 19.1 Å². The quantitative estimate of drug-likeness (QED) is 0.0600. The van der Waals surface area contributed by atoms with Crippen LogP contribution in [0.3, 0.4) is 0 Å². The molecule has 344 valence electrons. The fraction of sp³-hybridized carbons (Fsp3) is 0.609. The minimum absolute atomic E-state index is 0.0661. The normalized spacial score (nSPS) is 19.2. The van der Waals surface area contributed by atoms with E-state index >= 15 is 0 Å². The molecule has 17 heteroatoms. The second-order valence-corrected chi connectivity index (χ2v) is 17.1. The third-order valence-electron chi connectivity index (χ3n) is 11.6. The zero-order chi connectivity index (χ0) is 45.1. The Morgan fingerprint density at radius 3 is 2.21 bits per heavy atom.